The molecule has 6 aromatic rings. The number of aromatic nitrogens is 6. The maximum atomic E-state index is 14.0. The third-order valence-electron chi connectivity index (χ3n) is 11.5. The Hall–Kier alpha value is -6.75. The fourth-order valence-electron chi connectivity index (χ4n) is 8.54. The number of imidazole rings is 3. The van der Waals surface area contributed by atoms with Gasteiger partial charge in [-0.25, -0.2) is 24.5 Å². The standard InChI is InChI=1S/C43H44N10O6S/c1-58-42(56)50-35(24-11-5-3-6-12-24)40(54)52-17-9-15-31(52)38-44-22-29(48-38)34-20-26-19-27-28(21-33(26)60-34)47-37(46-27)30-23-45-39(49-30)32-16-10-18-53(32)41(55)36(51-43(57)59-2)25-13-7-4-8-14-25/h3-8,11-14,20,22-23,31-32,35-36H,9-10,15-19,21H2,1-2H3,(H,44,48)(H,45,49)(H,46,47)(H,50,56)(H,51,57)/t31-,32+,35+,36-/m0/s1. The van der Waals surface area contributed by atoms with Crippen LogP contribution >= 0.6 is 11.3 Å². The molecular formula is C43H44N10O6S. The normalized spacial score (nSPS) is 18.0. The van der Waals surface area contributed by atoms with Crippen molar-refractivity contribution in [1.29, 1.82) is 0 Å². The second-order valence-corrected chi connectivity index (χ2v) is 16.3. The number of aromatic amines is 3. The van der Waals surface area contributed by atoms with Crippen LogP contribution in [-0.4, -0.2) is 91.0 Å². The number of hydrogen-bond acceptors (Lipinski definition) is 10. The van der Waals surface area contributed by atoms with Gasteiger partial charge in [0.05, 0.1) is 55.0 Å². The molecule has 0 bridgehead atoms. The third kappa shape index (κ3) is 7.51. The number of nitrogens with one attached hydrogen (secondary N) is 5. The molecule has 308 valence electrons. The van der Waals surface area contributed by atoms with Gasteiger partial charge in [-0.15, -0.1) is 11.3 Å². The number of ether oxygens (including phenoxy) is 2. The van der Waals surface area contributed by atoms with E-state index in [4.69, 9.17) is 24.4 Å². The largest absolute Gasteiger partial charge is 0.453 e. The van der Waals surface area contributed by atoms with Gasteiger partial charge in [0.25, 0.3) is 11.8 Å². The molecule has 2 aliphatic heterocycles. The van der Waals surface area contributed by atoms with E-state index in [9.17, 15) is 19.2 Å². The summed E-state index contributed by atoms with van der Waals surface area (Å²) in [5.41, 5.74) is 6.18. The Morgan fingerprint density at radius 1 is 0.733 bits per heavy atom. The predicted octanol–water partition coefficient (Wildman–Crippen LogP) is 6.27. The second-order valence-electron chi connectivity index (χ2n) is 15.1. The number of methoxy groups -OCH3 is 2. The summed E-state index contributed by atoms with van der Waals surface area (Å²) in [5.74, 6) is 1.62. The molecule has 0 unspecified atom stereocenters. The molecule has 0 saturated carbocycles. The quantitative estimate of drug-likeness (QED) is 0.105. The number of nitrogens with zero attached hydrogens (tertiary/aromatic N) is 5. The summed E-state index contributed by atoms with van der Waals surface area (Å²) in [6.45, 7) is 1.09. The van der Waals surface area contributed by atoms with Crippen LogP contribution in [0.3, 0.4) is 0 Å². The molecule has 17 heteroatoms. The molecular weight excluding hydrogens is 785 g/mol. The van der Waals surface area contributed by atoms with Crippen molar-refractivity contribution in [3.8, 4) is 22.1 Å². The Balaban J connectivity index is 0.880. The molecule has 60 heavy (non-hydrogen) atoms. The summed E-state index contributed by atoms with van der Waals surface area (Å²) in [7, 11) is 2.56. The lowest BCUT2D eigenvalue weighted by atomic mass is 10.00. The van der Waals surface area contributed by atoms with Crippen molar-refractivity contribution in [2.24, 2.45) is 0 Å². The van der Waals surface area contributed by atoms with Crippen LogP contribution in [0.1, 0.15) is 94.5 Å². The molecule has 4 atom stereocenters. The van der Waals surface area contributed by atoms with Gasteiger partial charge < -0.3 is 44.9 Å². The second kappa shape index (κ2) is 16.5. The van der Waals surface area contributed by atoms with E-state index in [2.05, 4.69) is 31.7 Å². The van der Waals surface area contributed by atoms with E-state index in [1.54, 1.807) is 27.3 Å². The molecule has 2 fully saturated rings. The van der Waals surface area contributed by atoms with Crippen LogP contribution in [0, 0.1) is 0 Å². The molecule has 0 radical (unpaired) electrons. The van der Waals surface area contributed by atoms with Crippen LogP contribution in [0.4, 0.5) is 9.59 Å². The van der Waals surface area contributed by atoms with Gasteiger partial charge in [-0.3, -0.25) is 9.59 Å². The maximum Gasteiger partial charge on any atom is 0.407 e. The van der Waals surface area contributed by atoms with Gasteiger partial charge in [-0.1, -0.05) is 60.7 Å². The average Bonchev–Trinajstić information content (AvgIpc) is 4.14. The van der Waals surface area contributed by atoms with Gasteiger partial charge >= 0.3 is 12.2 Å². The van der Waals surface area contributed by atoms with Gasteiger partial charge in [-0.05, 0) is 48.4 Å². The zero-order valence-electron chi connectivity index (χ0n) is 33.1. The Labute approximate surface area is 349 Å². The molecule has 16 nitrogen and oxygen atoms in total. The first-order valence-corrected chi connectivity index (χ1v) is 20.8. The van der Waals surface area contributed by atoms with Crippen molar-refractivity contribution in [1.82, 2.24) is 50.3 Å². The van der Waals surface area contributed by atoms with E-state index in [1.807, 2.05) is 66.9 Å². The molecule has 3 aliphatic rings. The van der Waals surface area contributed by atoms with Crippen molar-refractivity contribution >= 4 is 35.3 Å². The number of alkyl carbamates (subject to hydrolysis) is 2. The van der Waals surface area contributed by atoms with Crippen LogP contribution in [0.2, 0.25) is 0 Å². The van der Waals surface area contributed by atoms with Gasteiger partial charge in [0, 0.05) is 36.5 Å². The van der Waals surface area contributed by atoms with Crippen LogP contribution in [-0.2, 0) is 31.9 Å². The van der Waals surface area contributed by atoms with Gasteiger partial charge in [0.15, 0.2) is 5.82 Å². The number of H-pyrrole nitrogens is 3. The third-order valence-corrected chi connectivity index (χ3v) is 12.7. The number of rotatable bonds is 10. The fourth-order valence-corrected chi connectivity index (χ4v) is 9.70. The highest BCUT2D eigenvalue weighted by atomic mass is 32.1. The molecule has 4 amide bonds. The highest BCUT2D eigenvalue weighted by molar-refractivity contribution is 7.15. The molecule has 9 rings (SSSR count). The van der Waals surface area contributed by atoms with Crippen molar-refractivity contribution in [3.63, 3.8) is 0 Å². The van der Waals surface area contributed by atoms with Crippen LogP contribution < -0.4 is 10.6 Å². The highest BCUT2D eigenvalue weighted by Gasteiger charge is 2.39. The molecule has 5 N–H and O–H groups in total. The first-order chi connectivity index (χ1) is 29.3. The fraction of sp³-hybridized carbons (Fsp3) is 0.326. The molecule has 2 aromatic carbocycles. The van der Waals surface area contributed by atoms with Crippen molar-refractivity contribution < 1.29 is 28.7 Å². The monoisotopic (exact) mass is 828 g/mol. The minimum atomic E-state index is -0.896. The van der Waals surface area contributed by atoms with E-state index in [-0.39, 0.29) is 23.9 Å². The van der Waals surface area contributed by atoms with E-state index in [1.165, 1.54) is 24.7 Å². The number of carbonyl (C=O) groups excluding carboxylic acids is 4. The Bertz CT molecular complexity index is 2320. The topological polar surface area (TPSA) is 203 Å². The number of likely N-dealkylation sites (tertiary alicyclic amines) is 2. The average molecular weight is 829 g/mol. The van der Waals surface area contributed by atoms with Crippen LogP contribution in [0.25, 0.3) is 22.1 Å². The minimum absolute atomic E-state index is 0.212. The van der Waals surface area contributed by atoms with Gasteiger partial charge in [-0.2, -0.15) is 0 Å². The van der Waals surface area contributed by atoms with Crippen molar-refractivity contribution in [2.45, 2.75) is 62.7 Å². The lowest BCUT2D eigenvalue weighted by Crippen LogP contribution is -2.42. The number of thiophene rings is 1. The zero-order chi connectivity index (χ0) is 41.3. The first kappa shape index (κ1) is 38.8. The summed E-state index contributed by atoms with van der Waals surface area (Å²) in [6, 6.07) is 18.2. The van der Waals surface area contributed by atoms with E-state index in [0.29, 0.717) is 54.5 Å². The van der Waals surface area contributed by atoms with Crippen molar-refractivity contribution in [2.75, 3.05) is 27.3 Å². The molecule has 0 spiro atoms. The Morgan fingerprint density at radius 2 is 1.27 bits per heavy atom. The number of hydrogen-bond donors (Lipinski definition) is 5. The molecule has 4 aromatic heterocycles. The summed E-state index contributed by atoms with van der Waals surface area (Å²) < 4.78 is 9.67. The highest BCUT2D eigenvalue weighted by Crippen LogP contribution is 2.40. The summed E-state index contributed by atoms with van der Waals surface area (Å²) >= 11 is 1.70. The lowest BCUT2D eigenvalue weighted by molar-refractivity contribution is -0.135. The van der Waals surface area contributed by atoms with E-state index >= 15 is 0 Å². The number of benzene rings is 2. The van der Waals surface area contributed by atoms with Gasteiger partial charge in [0.2, 0.25) is 0 Å². The molecule has 6 heterocycles. The maximum absolute atomic E-state index is 14.0. The van der Waals surface area contributed by atoms with Crippen molar-refractivity contribution in [3.05, 3.63) is 124 Å². The number of fused-ring (bicyclic) bond motifs is 2. The van der Waals surface area contributed by atoms with E-state index in [0.717, 1.165) is 53.3 Å². The van der Waals surface area contributed by atoms with E-state index < -0.39 is 24.3 Å². The SMILES string of the molecule is COC(=O)N[C@H](C(=O)N1CCC[C@@H]1c1ncc(-c2nc3c([nH]2)Cc2cc(-c4cnc([C@@H]5CCCN5C(=O)[C@H](NC(=O)OC)c5ccccc5)[nH]4)sc2C3)[nH]1)c1ccccc1. The molecule has 1 aliphatic carbocycles. The number of carbonyl (C=O) groups is 4. The van der Waals surface area contributed by atoms with Crippen LogP contribution in [0.15, 0.2) is 79.1 Å². The van der Waals surface area contributed by atoms with Gasteiger partial charge in [0.1, 0.15) is 29.4 Å². The Kier molecular flexibility index (Phi) is 10.6. The summed E-state index contributed by atoms with van der Waals surface area (Å²) in [5, 5.41) is 5.43. The summed E-state index contributed by atoms with van der Waals surface area (Å²) in [4.78, 5) is 83.2. The number of amides is 4. The van der Waals surface area contributed by atoms with Crippen LogP contribution in [0.5, 0.6) is 0 Å². The summed E-state index contributed by atoms with van der Waals surface area (Å²) in [6.07, 6.45) is 6.69. The Morgan fingerprint density at radius 3 is 1.82 bits per heavy atom. The zero-order valence-corrected chi connectivity index (χ0v) is 33.9. The lowest BCUT2D eigenvalue weighted by Gasteiger charge is -2.28. The smallest absolute Gasteiger partial charge is 0.407 e. The predicted molar refractivity (Wildman–Crippen MR) is 221 cm³/mol. The minimum Gasteiger partial charge on any atom is -0.453 e. The molecule has 2 saturated heterocycles. The first-order valence-electron chi connectivity index (χ1n) is 20.0.